The highest BCUT2D eigenvalue weighted by atomic mass is 35.5. The number of anilines is 1. The van der Waals surface area contributed by atoms with Crippen LogP contribution in [-0.2, 0) is 6.61 Å². The molecule has 3 aromatic carbocycles. The Labute approximate surface area is 192 Å². The molecule has 0 bridgehead atoms. The number of hydrogen-bond acceptors (Lipinski definition) is 4. The molecular formula is C26H23ClN2O3. The molecule has 1 N–H and O–H groups in total. The van der Waals surface area contributed by atoms with Gasteiger partial charge < -0.3 is 14.5 Å². The summed E-state index contributed by atoms with van der Waals surface area (Å²) in [5.74, 6) is 1.78. The standard InChI is InChI=1S/C26H23ClN2O3/c1-16-4-11-22(12-5-16)31-15-24-18(3)32-26(29-24)20-8-6-19(7-9-20)25(30)28-23-13-10-21(27)14-17(23)2/h4-14H,15H2,1-3H3,(H,28,30). The highest BCUT2D eigenvalue weighted by Crippen LogP contribution is 2.24. The molecule has 1 heterocycles. The fraction of sp³-hybridized carbons (Fsp3) is 0.154. The van der Waals surface area contributed by atoms with Gasteiger partial charge in [0.05, 0.1) is 0 Å². The van der Waals surface area contributed by atoms with Gasteiger partial charge in [-0.25, -0.2) is 4.98 Å². The molecule has 0 fully saturated rings. The van der Waals surface area contributed by atoms with E-state index < -0.39 is 0 Å². The number of hydrogen-bond donors (Lipinski definition) is 1. The number of carbonyl (C=O) groups excluding carboxylic acids is 1. The van der Waals surface area contributed by atoms with Crippen molar-refractivity contribution < 1.29 is 13.9 Å². The molecule has 0 radical (unpaired) electrons. The van der Waals surface area contributed by atoms with Gasteiger partial charge in [0.15, 0.2) is 0 Å². The van der Waals surface area contributed by atoms with Gasteiger partial charge in [-0.1, -0.05) is 29.3 Å². The Morgan fingerprint density at radius 1 is 1.00 bits per heavy atom. The van der Waals surface area contributed by atoms with Gasteiger partial charge in [0.1, 0.15) is 23.8 Å². The second-order valence-corrected chi connectivity index (χ2v) is 8.05. The number of nitrogens with zero attached hydrogens (tertiary/aromatic N) is 1. The van der Waals surface area contributed by atoms with Gasteiger partial charge in [-0.3, -0.25) is 4.79 Å². The lowest BCUT2D eigenvalue weighted by atomic mass is 10.1. The van der Waals surface area contributed by atoms with Crippen LogP contribution in [-0.4, -0.2) is 10.9 Å². The molecule has 0 saturated carbocycles. The number of rotatable bonds is 6. The van der Waals surface area contributed by atoms with Crippen LogP contribution < -0.4 is 10.1 Å². The van der Waals surface area contributed by atoms with E-state index in [1.165, 1.54) is 5.56 Å². The maximum Gasteiger partial charge on any atom is 0.255 e. The fourth-order valence-corrected chi connectivity index (χ4v) is 3.42. The van der Waals surface area contributed by atoms with E-state index in [1.807, 2.05) is 63.2 Å². The van der Waals surface area contributed by atoms with Crippen molar-refractivity contribution in [2.45, 2.75) is 27.4 Å². The van der Waals surface area contributed by atoms with Gasteiger partial charge >= 0.3 is 0 Å². The monoisotopic (exact) mass is 446 g/mol. The summed E-state index contributed by atoms with van der Waals surface area (Å²) in [7, 11) is 0. The van der Waals surface area contributed by atoms with Crippen molar-refractivity contribution in [1.82, 2.24) is 4.98 Å². The van der Waals surface area contributed by atoms with Crippen LogP contribution in [0.5, 0.6) is 5.75 Å². The van der Waals surface area contributed by atoms with Crippen LogP contribution in [0.25, 0.3) is 11.5 Å². The zero-order valence-corrected chi connectivity index (χ0v) is 18.9. The Bertz CT molecular complexity index is 1250. The van der Waals surface area contributed by atoms with E-state index in [0.717, 1.165) is 28.3 Å². The molecule has 5 nitrogen and oxygen atoms in total. The minimum atomic E-state index is -0.197. The number of carbonyl (C=O) groups is 1. The lowest BCUT2D eigenvalue weighted by molar-refractivity contribution is 0.102. The highest BCUT2D eigenvalue weighted by Gasteiger charge is 2.14. The van der Waals surface area contributed by atoms with Crippen molar-refractivity contribution in [2.24, 2.45) is 0 Å². The van der Waals surface area contributed by atoms with Crippen molar-refractivity contribution in [3.8, 4) is 17.2 Å². The Morgan fingerprint density at radius 3 is 2.41 bits per heavy atom. The predicted octanol–water partition coefficient (Wildman–Crippen LogP) is 6.75. The maximum absolute atomic E-state index is 12.6. The molecule has 0 aliphatic heterocycles. The third kappa shape index (κ3) is 5.01. The van der Waals surface area contributed by atoms with E-state index in [9.17, 15) is 4.79 Å². The molecule has 6 heteroatoms. The molecule has 0 aliphatic rings. The molecule has 162 valence electrons. The Balaban J connectivity index is 1.44. The minimum Gasteiger partial charge on any atom is -0.487 e. The Kier molecular flexibility index (Phi) is 6.28. The van der Waals surface area contributed by atoms with Crippen LogP contribution in [0.4, 0.5) is 5.69 Å². The summed E-state index contributed by atoms with van der Waals surface area (Å²) in [5.41, 5.74) is 4.87. The second kappa shape index (κ2) is 9.28. The molecular weight excluding hydrogens is 424 g/mol. The molecule has 1 aromatic heterocycles. The number of aryl methyl sites for hydroxylation is 3. The average molecular weight is 447 g/mol. The van der Waals surface area contributed by atoms with Crippen molar-refractivity contribution in [1.29, 1.82) is 0 Å². The summed E-state index contributed by atoms with van der Waals surface area (Å²) in [4.78, 5) is 17.2. The quantitative estimate of drug-likeness (QED) is 0.355. The van der Waals surface area contributed by atoms with Crippen LogP contribution in [0, 0.1) is 20.8 Å². The minimum absolute atomic E-state index is 0.197. The van der Waals surface area contributed by atoms with Gasteiger partial charge in [-0.05, 0) is 80.9 Å². The predicted molar refractivity (Wildman–Crippen MR) is 126 cm³/mol. The molecule has 0 spiro atoms. The van der Waals surface area contributed by atoms with Crippen molar-refractivity contribution in [3.05, 3.63) is 99.9 Å². The van der Waals surface area contributed by atoms with Crippen LogP contribution in [0.2, 0.25) is 5.02 Å². The first-order chi connectivity index (χ1) is 15.4. The van der Waals surface area contributed by atoms with E-state index >= 15 is 0 Å². The average Bonchev–Trinajstić information content (AvgIpc) is 3.16. The number of benzene rings is 3. The molecule has 4 rings (SSSR count). The summed E-state index contributed by atoms with van der Waals surface area (Å²) >= 11 is 5.98. The van der Waals surface area contributed by atoms with E-state index in [2.05, 4.69) is 10.3 Å². The zero-order valence-electron chi connectivity index (χ0n) is 18.1. The number of ether oxygens (including phenoxy) is 1. The number of amides is 1. The first-order valence-corrected chi connectivity index (χ1v) is 10.6. The summed E-state index contributed by atoms with van der Waals surface area (Å²) in [6.45, 7) is 6.11. The fourth-order valence-electron chi connectivity index (χ4n) is 3.20. The normalized spacial score (nSPS) is 10.8. The SMILES string of the molecule is Cc1ccc(OCc2nc(-c3ccc(C(=O)Nc4ccc(Cl)cc4C)cc3)oc2C)cc1. The van der Waals surface area contributed by atoms with E-state index in [0.29, 0.717) is 28.8 Å². The molecule has 0 unspecified atom stereocenters. The van der Waals surface area contributed by atoms with Crippen LogP contribution in [0.15, 0.2) is 71.1 Å². The third-order valence-electron chi connectivity index (χ3n) is 5.12. The van der Waals surface area contributed by atoms with Gasteiger partial charge in [0.25, 0.3) is 5.91 Å². The van der Waals surface area contributed by atoms with Crippen LogP contribution >= 0.6 is 11.6 Å². The second-order valence-electron chi connectivity index (χ2n) is 7.61. The van der Waals surface area contributed by atoms with Gasteiger partial charge in [-0.15, -0.1) is 0 Å². The smallest absolute Gasteiger partial charge is 0.255 e. The first-order valence-electron chi connectivity index (χ1n) is 10.2. The number of halogens is 1. The maximum atomic E-state index is 12.6. The Hall–Kier alpha value is -3.57. The number of nitrogens with one attached hydrogen (secondary N) is 1. The molecule has 4 aromatic rings. The highest BCUT2D eigenvalue weighted by molar-refractivity contribution is 6.30. The van der Waals surface area contributed by atoms with E-state index in [1.54, 1.807) is 24.3 Å². The lowest BCUT2D eigenvalue weighted by Crippen LogP contribution is -2.12. The van der Waals surface area contributed by atoms with Crippen LogP contribution in [0.3, 0.4) is 0 Å². The summed E-state index contributed by atoms with van der Waals surface area (Å²) in [5, 5.41) is 3.54. The lowest BCUT2D eigenvalue weighted by Gasteiger charge is -2.09. The van der Waals surface area contributed by atoms with Gasteiger partial charge in [0, 0.05) is 21.8 Å². The number of oxazole rings is 1. The van der Waals surface area contributed by atoms with Gasteiger partial charge in [0.2, 0.25) is 5.89 Å². The van der Waals surface area contributed by atoms with Crippen molar-refractivity contribution in [3.63, 3.8) is 0 Å². The number of aromatic nitrogens is 1. The molecule has 0 atom stereocenters. The first kappa shape index (κ1) is 21.7. The van der Waals surface area contributed by atoms with Crippen molar-refractivity contribution >= 4 is 23.2 Å². The topological polar surface area (TPSA) is 64.4 Å². The molecule has 0 saturated heterocycles. The molecule has 1 amide bonds. The van der Waals surface area contributed by atoms with E-state index in [4.69, 9.17) is 20.8 Å². The molecule has 0 aliphatic carbocycles. The third-order valence-corrected chi connectivity index (χ3v) is 5.35. The molecule has 32 heavy (non-hydrogen) atoms. The van der Waals surface area contributed by atoms with Crippen LogP contribution in [0.1, 0.15) is 32.9 Å². The summed E-state index contributed by atoms with van der Waals surface area (Å²) in [6.07, 6.45) is 0. The largest absolute Gasteiger partial charge is 0.487 e. The van der Waals surface area contributed by atoms with E-state index in [-0.39, 0.29) is 5.91 Å². The summed E-state index contributed by atoms with van der Waals surface area (Å²) < 4.78 is 11.6. The summed E-state index contributed by atoms with van der Waals surface area (Å²) in [6, 6.07) is 20.4. The Morgan fingerprint density at radius 2 is 1.72 bits per heavy atom. The zero-order chi connectivity index (χ0) is 22.7. The van der Waals surface area contributed by atoms with Crippen molar-refractivity contribution in [2.75, 3.05) is 5.32 Å². The van der Waals surface area contributed by atoms with Gasteiger partial charge in [-0.2, -0.15) is 0 Å².